The second kappa shape index (κ2) is 5.42. The minimum absolute atomic E-state index is 0.0532. The van der Waals surface area contributed by atoms with Gasteiger partial charge < -0.3 is 5.32 Å². The van der Waals surface area contributed by atoms with Crippen LogP contribution in [0.4, 0.5) is 0 Å². The van der Waals surface area contributed by atoms with Crippen LogP contribution in [-0.4, -0.2) is 22.6 Å². The Labute approximate surface area is 84.1 Å². The monoisotopic (exact) mass is 195 g/mol. The lowest BCUT2D eigenvalue weighted by molar-refractivity contribution is 0.0952. The topological polar surface area (TPSA) is 57.8 Å². The fourth-order valence-corrected chi connectivity index (χ4v) is 1.19. The molecule has 4 nitrogen and oxygen atoms in total. The van der Waals surface area contributed by atoms with Gasteiger partial charge in [0.15, 0.2) is 0 Å². The maximum atomic E-state index is 11.4. The van der Waals surface area contributed by atoms with E-state index in [1.54, 1.807) is 6.20 Å². The van der Waals surface area contributed by atoms with Gasteiger partial charge in [-0.1, -0.05) is 13.8 Å². The van der Waals surface area contributed by atoms with Crippen LogP contribution in [0, 0.1) is 5.92 Å². The lowest BCUT2D eigenvalue weighted by Crippen LogP contribution is -2.24. The number of rotatable bonds is 5. The van der Waals surface area contributed by atoms with Crippen LogP contribution >= 0.6 is 0 Å². The van der Waals surface area contributed by atoms with Gasteiger partial charge in [-0.2, -0.15) is 5.10 Å². The lowest BCUT2D eigenvalue weighted by atomic mass is 10.1. The van der Waals surface area contributed by atoms with Gasteiger partial charge in [0.25, 0.3) is 5.91 Å². The first kappa shape index (κ1) is 10.8. The molecule has 0 unspecified atom stereocenters. The van der Waals surface area contributed by atoms with Gasteiger partial charge >= 0.3 is 0 Å². The summed E-state index contributed by atoms with van der Waals surface area (Å²) in [5, 5.41) is 9.16. The molecule has 1 heterocycles. The molecule has 0 aromatic carbocycles. The van der Waals surface area contributed by atoms with E-state index < -0.39 is 0 Å². The molecule has 0 atom stereocenters. The molecule has 1 rings (SSSR count). The van der Waals surface area contributed by atoms with Crippen molar-refractivity contribution >= 4 is 5.91 Å². The molecule has 2 N–H and O–H groups in total. The average molecular weight is 195 g/mol. The van der Waals surface area contributed by atoms with Crippen molar-refractivity contribution < 1.29 is 4.79 Å². The number of aromatic amines is 1. The van der Waals surface area contributed by atoms with Crippen LogP contribution in [0.3, 0.4) is 0 Å². The Morgan fingerprint density at radius 2 is 2.43 bits per heavy atom. The van der Waals surface area contributed by atoms with Gasteiger partial charge in [0.1, 0.15) is 0 Å². The first-order valence-corrected chi connectivity index (χ1v) is 4.97. The number of hydrogen-bond donors (Lipinski definition) is 2. The van der Waals surface area contributed by atoms with Crippen LogP contribution in [0.2, 0.25) is 0 Å². The van der Waals surface area contributed by atoms with Crippen molar-refractivity contribution in [3.05, 3.63) is 18.0 Å². The maximum Gasteiger partial charge on any atom is 0.254 e. The zero-order valence-corrected chi connectivity index (χ0v) is 8.71. The van der Waals surface area contributed by atoms with Crippen molar-refractivity contribution in [2.24, 2.45) is 5.92 Å². The van der Waals surface area contributed by atoms with Crippen LogP contribution in [0.15, 0.2) is 12.4 Å². The minimum Gasteiger partial charge on any atom is -0.352 e. The molecule has 0 bridgehead atoms. The van der Waals surface area contributed by atoms with E-state index in [0.29, 0.717) is 11.5 Å². The maximum absolute atomic E-state index is 11.4. The Balaban J connectivity index is 2.16. The number of carbonyl (C=O) groups is 1. The Morgan fingerprint density at radius 3 is 3.00 bits per heavy atom. The van der Waals surface area contributed by atoms with E-state index in [1.165, 1.54) is 6.20 Å². The molecule has 78 valence electrons. The second-order valence-electron chi connectivity index (χ2n) is 3.78. The molecule has 1 aromatic rings. The minimum atomic E-state index is -0.0532. The Bertz CT molecular complexity index is 267. The van der Waals surface area contributed by atoms with Crippen LogP contribution in [0.1, 0.15) is 37.0 Å². The molecule has 0 fully saturated rings. The van der Waals surface area contributed by atoms with E-state index in [0.717, 1.165) is 19.4 Å². The molecule has 0 aliphatic heterocycles. The Morgan fingerprint density at radius 1 is 1.64 bits per heavy atom. The van der Waals surface area contributed by atoms with Gasteiger partial charge in [0, 0.05) is 12.7 Å². The fraction of sp³-hybridized carbons (Fsp3) is 0.600. The lowest BCUT2D eigenvalue weighted by Gasteiger charge is -2.05. The van der Waals surface area contributed by atoms with Crippen molar-refractivity contribution in [2.75, 3.05) is 6.54 Å². The smallest absolute Gasteiger partial charge is 0.254 e. The summed E-state index contributed by atoms with van der Waals surface area (Å²) in [6, 6.07) is 0. The fourth-order valence-electron chi connectivity index (χ4n) is 1.19. The molecular weight excluding hydrogens is 178 g/mol. The van der Waals surface area contributed by atoms with Crippen LogP contribution in [-0.2, 0) is 0 Å². The first-order chi connectivity index (χ1) is 6.70. The summed E-state index contributed by atoms with van der Waals surface area (Å²) in [5.74, 6) is 0.642. The van der Waals surface area contributed by atoms with Gasteiger partial charge in [-0.05, 0) is 18.8 Å². The molecule has 0 saturated carbocycles. The summed E-state index contributed by atoms with van der Waals surface area (Å²) in [5.41, 5.74) is 0.592. The van der Waals surface area contributed by atoms with Crippen LogP contribution in [0.25, 0.3) is 0 Å². The predicted molar refractivity (Wildman–Crippen MR) is 55.0 cm³/mol. The third-order valence-electron chi connectivity index (χ3n) is 2.00. The molecule has 0 spiro atoms. The predicted octanol–water partition coefficient (Wildman–Crippen LogP) is 1.58. The molecule has 0 aliphatic carbocycles. The molecule has 1 aromatic heterocycles. The van der Waals surface area contributed by atoms with E-state index in [2.05, 4.69) is 29.4 Å². The largest absolute Gasteiger partial charge is 0.352 e. The summed E-state index contributed by atoms with van der Waals surface area (Å²) >= 11 is 0. The zero-order chi connectivity index (χ0) is 10.4. The van der Waals surface area contributed by atoms with E-state index >= 15 is 0 Å². The molecule has 1 amide bonds. The molecule has 0 radical (unpaired) electrons. The number of hydrogen-bond acceptors (Lipinski definition) is 2. The second-order valence-corrected chi connectivity index (χ2v) is 3.78. The first-order valence-electron chi connectivity index (χ1n) is 4.97. The van der Waals surface area contributed by atoms with Crippen molar-refractivity contribution in [3.8, 4) is 0 Å². The highest BCUT2D eigenvalue weighted by Gasteiger charge is 2.04. The van der Waals surface area contributed by atoms with Gasteiger partial charge in [0.2, 0.25) is 0 Å². The third kappa shape index (κ3) is 3.60. The number of nitrogens with one attached hydrogen (secondary N) is 2. The average Bonchev–Trinajstić information content (AvgIpc) is 2.64. The summed E-state index contributed by atoms with van der Waals surface area (Å²) in [6.45, 7) is 5.10. The zero-order valence-electron chi connectivity index (χ0n) is 8.71. The Hall–Kier alpha value is -1.32. The molecular formula is C10H17N3O. The number of amides is 1. The number of aromatic nitrogens is 2. The third-order valence-corrected chi connectivity index (χ3v) is 2.00. The normalized spacial score (nSPS) is 10.5. The van der Waals surface area contributed by atoms with Crippen molar-refractivity contribution in [1.29, 1.82) is 0 Å². The van der Waals surface area contributed by atoms with E-state index in [1.807, 2.05) is 0 Å². The number of H-pyrrole nitrogens is 1. The van der Waals surface area contributed by atoms with Gasteiger partial charge in [0.05, 0.1) is 11.8 Å². The highest BCUT2D eigenvalue weighted by molar-refractivity contribution is 5.93. The van der Waals surface area contributed by atoms with E-state index in [9.17, 15) is 4.79 Å². The molecule has 4 heteroatoms. The van der Waals surface area contributed by atoms with Crippen molar-refractivity contribution in [2.45, 2.75) is 26.7 Å². The van der Waals surface area contributed by atoms with E-state index in [-0.39, 0.29) is 5.91 Å². The van der Waals surface area contributed by atoms with Crippen molar-refractivity contribution in [1.82, 2.24) is 15.5 Å². The molecule has 14 heavy (non-hydrogen) atoms. The van der Waals surface area contributed by atoms with Crippen LogP contribution < -0.4 is 5.32 Å². The molecule has 0 aliphatic rings. The highest BCUT2D eigenvalue weighted by atomic mass is 16.1. The SMILES string of the molecule is CC(C)CCCNC(=O)c1cn[nH]c1. The molecule has 0 saturated heterocycles. The highest BCUT2D eigenvalue weighted by Crippen LogP contribution is 2.02. The summed E-state index contributed by atoms with van der Waals surface area (Å²) < 4.78 is 0. The quantitative estimate of drug-likeness (QED) is 0.701. The summed E-state index contributed by atoms with van der Waals surface area (Å²) in [4.78, 5) is 11.4. The standard InChI is InChI=1S/C10H17N3O/c1-8(2)4-3-5-11-10(14)9-6-12-13-7-9/h6-8H,3-5H2,1-2H3,(H,11,14)(H,12,13). The van der Waals surface area contributed by atoms with Gasteiger partial charge in [-0.15, -0.1) is 0 Å². The number of nitrogens with zero attached hydrogens (tertiary/aromatic N) is 1. The van der Waals surface area contributed by atoms with Gasteiger partial charge in [-0.3, -0.25) is 9.89 Å². The number of carbonyl (C=O) groups excluding carboxylic acids is 1. The summed E-state index contributed by atoms with van der Waals surface area (Å²) in [7, 11) is 0. The van der Waals surface area contributed by atoms with Gasteiger partial charge in [-0.25, -0.2) is 0 Å². The van der Waals surface area contributed by atoms with E-state index in [4.69, 9.17) is 0 Å². The Kier molecular flexibility index (Phi) is 4.16. The van der Waals surface area contributed by atoms with Crippen molar-refractivity contribution in [3.63, 3.8) is 0 Å². The van der Waals surface area contributed by atoms with Crippen LogP contribution in [0.5, 0.6) is 0 Å². The summed E-state index contributed by atoms with van der Waals surface area (Å²) in [6.07, 6.45) is 5.29.